The second-order valence-electron chi connectivity index (χ2n) is 4.97. The summed E-state index contributed by atoms with van der Waals surface area (Å²) in [5, 5.41) is 0. The fourth-order valence-corrected chi connectivity index (χ4v) is 2.45. The minimum Gasteiger partial charge on any atom is -0.382 e. The largest absolute Gasteiger partial charge is 0.382 e. The Kier molecular flexibility index (Phi) is 3.97. The Balaban J connectivity index is 2.60. The van der Waals surface area contributed by atoms with Gasteiger partial charge in [-0.25, -0.2) is 0 Å². The summed E-state index contributed by atoms with van der Waals surface area (Å²) in [7, 11) is -3.47. The smallest absolute Gasteiger partial charge is 0.309 e. The summed E-state index contributed by atoms with van der Waals surface area (Å²) in [6, 6.07) is 8.57. The Bertz CT molecular complexity index is 415. The van der Waals surface area contributed by atoms with Gasteiger partial charge in [-0.15, -0.1) is 0 Å². The van der Waals surface area contributed by atoms with Gasteiger partial charge < -0.3 is 4.18 Å². The van der Waals surface area contributed by atoms with E-state index >= 15 is 0 Å². The summed E-state index contributed by atoms with van der Waals surface area (Å²) >= 11 is 0. The van der Waals surface area contributed by atoms with E-state index in [-0.39, 0.29) is 11.2 Å². The Labute approximate surface area is 97.6 Å². The molecule has 0 amide bonds. The minimum atomic E-state index is -3.47. The average Bonchev–Trinajstić information content (AvgIpc) is 2.15. The fourth-order valence-electron chi connectivity index (χ4n) is 1.10. The van der Waals surface area contributed by atoms with Crippen molar-refractivity contribution in [3.8, 4) is 5.75 Å². The van der Waals surface area contributed by atoms with Crippen molar-refractivity contribution in [3.63, 3.8) is 0 Å². The van der Waals surface area contributed by atoms with Crippen LogP contribution in [0, 0.1) is 5.41 Å². The molecule has 0 fully saturated rings. The van der Waals surface area contributed by atoms with Crippen molar-refractivity contribution in [3.05, 3.63) is 30.3 Å². The zero-order valence-electron chi connectivity index (χ0n) is 9.93. The van der Waals surface area contributed by atoms with E-state index in [1.165, 1.54) is 0 Å². The minimum absolute atomic E-state index is 0.00683. The topological polar surface area (TPSA) is 43.4 Å². The van der Waals surface area contributed by atoms with Crippen molar-refractivity contribution >= 4 is 10.1 Å². The van der Waals surface area contributed by atoms with Crippen LogP contribution in [0.1, 0.15) is 27.2 Å². The molecule has 0 aromatic heterocycles. The monoisotopic (exact) mass is 242 g/mol. The molecule has 0 atom stereocenters. The first-order chi connectivity index (χ1) is 7.29. The Morgan fingerprint density at radius 3 is 2.19 bits per heavy atom. The van der Waals surface area contributed by atoms with Crippen molar-refractivity contribution < 1.29 is 12.6 Å². The third kappa shape index (κ3) is 5.16. The first-order valence-corrected chi connectivity index (χ1v) is 6.83. The summed E-state index contributed by atoms with van der Waals surface area (Å²) < 4.78 is 28.2. The lowest BCUT2D eigenvalue weighted by Crippen LogP contribution is -2.18. The lowest BCUT2D eigenvalue weighted by molar-refractivity contribution is 0.389. The molecule has 16 heavy (non-hydrogen) atoms. The molecule has 0 aliphatic rings. The Hall–Kier alpha value is -1.03. The highest BCUT2D eigenvalue weighted by Crippen LogP contribution is 2.20. The molecule has 1 rings (SSSR count). The van der Waals surface area contributed by atoms with E-state index in [4.69, 9.17) is 4.18 Å². The van der Waals surface area contributed by atoms with Gasteiger partial charge in [-0.2, -0.15) is 8.42 Å². The van der Waals surface area contributed by atoms with Crippen LogP contribution in [0.5, 0.6) is 5.75 Å². The molecule has 90 valence electrons. The molecular formula is C12H18O3S. The van der Waals surface area contributed by atoms with E-state index < -0.39 is 10.1 Å². The van der Waals surface area contributed by atoms with Gasteiger partial charge in [-0.3, -0.25) is 0 Å². The van der Waals surface area contributed by atoms with Crippen molar-refractivity contribution in [1.82, 2.24) is 0 Å². The van der Waals surface area contributed by atoms with Crippen LogP contribution >= 0.6 is 0 Å². The van der Waals surface area contributed by atoms with Crippen molar-refractivity contribution in [1.29, 1.82) is 0 Å². The van der Waals surface area contributed by atoms with Gasteiger partial charge in [-0.1, -0.05) is 39.0 Å². The molecule has 0 heterocycles. The van der Waals surface area contributed by atoms with E-state index in [1.54, 1.807) is 24.3 Å². The van der Waals surface area contributed by atoms with E-state index in [0.29, 0.717) is 12.2 Å². The van der Waals surface area contributed by atoms with E-state index in [2.05, 4.69) is 0 Å². The molecule has 0 saturated carbocycles. The van der Waals surface area contributed by atoms with Gasteiger partial charge in [-0.05, 0) is 24.0 Å². The standard InChI is InChI=1S/C12H18O3S/c1-12(2,3)9-10-16(13,14)15-11-7-5-4-6-8-11/h4-8H,9-10H2,1-3H3. The molecule has 1 aromatic rings. The first kappa shape index (κ1) is 13.0. The third-order valence-electron chi connectivity index (χ3n) is 2.07. The predicted octanol–water partition coefficient (Wildman–Crippen LogP) is 2.83. The SMILES string of the molecule is CC(C)(C)CCS(=O)(=O)Oc1ccccc1. The molecule has 4 heteroatoms. The van der Waals surface area contributed by atoms with Crippen LogP contribution in [-0.4, -0.2) is 14.2 Å². The molecular weight excluding hydrogens is 224 g/mol. The molecule has 0 radical (unpaired) electrons. The average molecular weight is 242 g/mol. The van der Waals surface area contributed by atoms with Crippen LogP contribution in [0.15, 0.2) is 30.3 Å². The van der Waals surface area contributed by atoms with E-state index in [1.807, 2.05) is 26.8 Å². The van der Waals surface area contributed by atoms with Gasteiger partial charge in [0, 0.05) is 0 Å². The third-order valence-corrected chi connectivity index (χ3v) is 3.22. The van der Waals surface area contributed by atoms with Crippen LogP contribution in [0.2, 0.25) is 0 Å². The fraction of sp³-hybridized carbons (Fsp3) is 0.500. The van der Waals surface area contributed by atoms with Gasteiger partial charge in [0.05, 0.1) is 5.75 Å². The highest BCUT2D eigenvalue weighted by atomic mass is 32.2. The van der Waals surface area contributed by atoms with E-state index in [0.717, 1.165) is 0 Å². The van der Waals surface area contributed by atoms with Crippen LogP contribution in [0.3, 0.4) is 0 Å². The first-order valence-electron chi connectivity index (χ1n) is 5.26. The highest BCUT2D eigenvalue weighted by Gasteiger charge is 2.18. The summed E-state index contributed by atoms with van der Waals surface area (Å²) in [6.45, 7) is 6.01. The van der Waals surface area contributed by atoms with Gasteiger partial charge in [0.2, 0.25) is 0 Å². The molecule has 0 saturated heterocycles. The van der Waals surface area contributed by atoms with Crippen molar-refractivity contribution in [2.75, 3.05) is 5.75 Å². The van der Waals surface area contributed by atoms with E-state index in [9.17, 15) is 8.42 Å². The summed E-state index contributed by atoms with van der Waals surface area (Å²) in [4.78, 5) is 0. The maximum Gasteiger partial charge on any atom is 0.309 e. The molecule has 0 aliphatic carbocycles. The molecule has 0 bridgehead atoms. The molecule has 0 N–H and O–H groups in total. The van der Waals surface area contributed by atoms with Crippen LogP contribution in [0.25, 0.3) is 0 Å². The Morgan fingerprint density at radius 1 is 1.12 bits per heavy atom. The number of para-hydroxylation sites is 1. The molecule has 1 aromatic carbocycles. The molecule has 0 unspecified atom stereocenters. The van der Waals surface area contributed by atoms with Gasteiger partial charge in [0.25, 0.3) is 0 Å². The predicted molar refractivity (Wildman–Crippen MR) is 64.9 cm³/mol. The van der Waals surface area contributed by atoms with Crippen LogP contribution < -0.4 is 4.18 Å². The van der Waals surface area contributed by atoms with Crippen molar-refractivity contribution in [2.24, 2.45) is 5.41 Å². The number of benzene rings is 1. The number of rotatable bonds is 4. The van der Waals surface area contributed by atoms with Crippen molar-refractivity contribution in [2.45, 2.75) is 27.2 Å². The summed E-state index contributed by atoms with van der Waals surface area (Å²) in [5.74, 6) is 0.419. The lowest BCUT2D eigenvalue weighted by Gasteiger charge is -2.17. The van der Waals surface area contributed by atoms with Crippen LogP contribution in [-0.2, 0) is 10.1 Å². The second kappa shape index (κ2) is 4.87. The molecule has 0 aliphatic heterocycles. The maximum absolute atomic E-state index is 11.6. The second-order valence-corrected chi connectivity index (χ2v) is 6.66. The Morgan fingerprint density at radius 2 is 1.69 bits per heavy atom. The highest BCUT2D eigenvalue weighted by molar-refractivity contribution is 7.87. The maximum atomic E-state index is 11.6. The van der Waals surface area contributed by atoms with Gasteiger partial charge >= 0.3 is 10.1 Å². The zero-order chi connectivity index (χ0) is 12.2. The molecule has 3 nitrogen and oxygen atoms in total. The lowest BCUT2D eigenvalue weighted by atomic mass is 9.94. The zero-order valence-corrected chi connectivity index (χ0v) is 10.8. The van der Waals surface area contributed by atoms with Gasteiger partial charge in [0.15, 0.2) is 0 Å². The normalized spacial score (nSPS) is 12.4. The number of hydrogen-bond acceptors (Lipinski definition) is 3. The number of hydrogen-bond donors (Lipinski definition) is 0. The quantitative estimate of drug-likeness (QED) is 0.762. The molecule has 0 spiro atoms. The summed E-state index contributed by atoms with van der Waals surface area (Å²) in [5.41, 5.74) is -0.00683. The summed E-state index contributed by atoms with van der Waals surface area (Å²) in [6.07, 6.45) is 0.585. The van der Waals surface area contributed by atoms with Crippen LogP contribution in [0.4, 0.5) is 0 Å². The van der Waals surface area contributed by atoms with Gasteiger partial charge in [0.1, 0.15) is 5.75 Å².